The number of rotatable bonds is 12. The predicted molar refractivity (Wildman–Crippen MR) is 187 cm³/mol. The van der Waals surface area contributed by atoms with Gasteiger partial charge in [-0.3, -0.25) is 9.59 Å². The number of halogens is 1. The number of amides is 1. The van der Waals surface area contributed by atoms with Gasteiger partial charge in [-0.1, -0.05) is 69.3 Å². The first kappa shape index (κ1) is 35.0. The van der Waals surface area contributed by atoms with Crippen molar-refractivity contribution in [3.8, 4) is 22.4 Å². The fourth-order valence-electron chi connectivity index (χ4n) is 6.54. The molecule has 4 aromatic rings. The Morgan fingerprint density at radius 3 is 2.17 bits per heavy atom. The van der Waals surface area contributed by atoms with Crippen LogP contribution in [0, 0.1) is 5.82 Å². The lowest BCUT2D eigenvalue weighted by atomic mass is 9.94. The lowest BCUT2D eigenvalue weighted by Gasteiger charge is -2.41. The van der Waals surface area contributed by atoms with Crippen molar-refractivity contribution in [1.82, 2.24) is 4.57 Å². The topological polar surface area (TPSA) is 78.8 Å². The number of carbonyl (C=O) groups is 2. The molecule has 7 nitrogen and oxygen atoms in total. The van der Waals surface area contributed by atoms with Gasteiger partial charge in [-0.2, -0.15) is 0 Å². The van der Waals surface area contributed by atoms with Crippen LogP contribution >= 0.6 is 0 Å². The van der Waals surface area contributed by atoms with E-state index in [1.165, 1.54) is 12.1 Å². The minimum atomic E-state index is -0.891. The van der Waals surface area contributed by atoms with E-state index in [-0.39, 0.29) is 48.3 Å². The lowest BCUT2D eigenvalue weighted by molar-refractivity contribution is -0.301. The van der Waals surface area contributed by atoms with Crippen LogP contribution in [-0.4, -0.2) is 40.5 Å². The van der Waals surface area contributed by atoms with Crippen molar-refractivity contribution >= 4 is 17.6 Å². The number of hydrogen-bond acceptors (Lipinski definition) is 5. The standard InChI is InChI=1S/C40H47FN2O5/c1-7-27(4)46-34(44)25-33-24-32(47-40(5,6)48-33)22-23-43-37(26(2)3)36(39(45)42-31-16-12-9-13-17-31)35(28-14-10-8-11-15-28)38(43)29-18-20-30(41)21-19-29/h8-21,26-27,32-33H,7,22-25H2,1-6H3,(H,42,45)/t27?,32-,33-/m1/s1. The van der Waals surface area contributed by atoms with Crippen molar-refractivity contribution in [1.29, 1.82) is 0 Å². The zero-order valence-electron chi connectivity index (χ0n) is 28.8. The average Bonchev–Trinajstić information content (AvgIpc) is 3.40. The van der Waals surface area contributed by atoms with Crippen LogP contribution in [0.3, 0.4) is 0 Å². The molecule has 1 aromatic heterocycles. The Balaban J connectivity index is 1.58. The Hall–Kier alpha value is -4.27. The summed E-state index contributed by atoms with van der Waals surface area (Å²) in [4.78, 5) is 27.0. The largest absolute Gasteiger partial charge is 0.463 e. The summed E-state index contributed by atoms with van der Waals surface area (Å²) in [6.45, 7) is 12.3. The molecule has 1 aliphatic heterocycles. The second-order valence-corrected chi connectivity index (χ2v) is 13.3. The fourth-order valence-corrected chi connectivity index (χ4v) is 6.54. The molecule has 0 saturated carbocycles. The quantitative estimate of drug-likeness (QED) is 0.154. The SMILES string of the molecule is CCC(C)OC(=O)C[C@H]1C[C@@H](CCn2c(-c3ccc(F)cc3)c(-c3ccccc3)c(C(=O)Nc3ccccc3)c2C(C)C)OC(C)(C)O1. The highest BCUT2D eigenvalue weighted by atomic mass is 19.1. The minimum Gasteiger partial charge on any atom is -0.463 e. The molecule has 1 amide bonds. The third-order valence-corrected chi connectivity index (χ3v) is 8.69. The van der Waals surface area contributed by atoms with Gasteiger partial charge in [0, 0.05) is 29.9 Å². The predicted octanol–water partition coefficient (Wildman–Crippen LogP) is 9.37. The van der Waals surface area contributed by atoms with Gasteiger partial charge in [-0.05, 0) is 87.1 Å². The normalized spacial score (nSPS) is 18.0. The molecule has 1 unspecified atom stereocenters. The Bertz CT molecular complexity index is 1680. The van der Waals surface area contributed by atoms with E-state index in [0.717, 1.165) is 34.5 Å². The van der Waals surface area contributed by atoms with E-state index in [0.29, 0.717) is 30.6 Å². The molecule has 0 spiro atoms. The Kier molecular flexibility index (Phi) is 11.2. The zero-order valence-corrected chi connectivity index (χ0v) is 28.8. The van der Waals surface area contributed by atoms with Gasteiger partial charge >= 0.3 is 5.97 Å². The van der Waals surface area contributed by atoms with E-state index in [2.05, 4.69) is 23.7 Å². The van der Waals surface area contributed by atoms with E-state index in [1.807, 2.05) is 88.4 Å². The lowest BCUT2D eigenvalue weighted by Crippen LogP contribution is -2.45. The van der Waals surface area contributed by atoms with E-state index in [4.69, 9.17) is 14.2 Å². The van der Waals surface area contributed by atoms with Crippen LogP contribution in [0.5, 0.6) is 0 Å². The molecule has 0 radical (unpaired) electrons. The smallest absolute Gasteiger partial charge is 0.308 e. The highest BCUT2D eigenvalue weighted by molar-refractivity contribution is 6.12. The van der Waals surface area contributed by atoms with Gasteiger partial charge in [0.05, 0.1) is 36.0 Å². The highest BCUT2D eigenvalue weighted by Crippen LogP contribution is 2.43. The van der Waals surface area contributed by atoms with Crippen molar-refractivity contribution in [3.63, 3.8) is 0 Å². The Labute approximate surface area is 283 Å². The van der Waals surface area contributed by atoms with Crippen molar-refractivity contribution < 1.29 is 28.2 Å². The summed E-state index contributed by atoms with van der Waals surface area (Å²) < 4.78 is 34.6. The Morgan fingerprint density at radius 1 is 0.917 bits per heavy atom. The first-order valence-electron chi connectivity index (χ1n) is 16.9. The van der Waals surface area contributed by atoms with Gasteiger partial charge in [0.25, 0.3) is 5.91 Å². The summed E-state index contributed by atoms with van der Waals surface area (Å²) in [5, 5.41) is 3.13. The van der Waals surface area contributed by atoms with E-state index in [9.17, 15) is 14.0 Å². The third kappa shape index (κ3) is 8.41. The van der Waals surface area contributed by atoms with Crippen LogP contribution in [0.2, 0.25) is 0 Å². The molecule has 48 heavy (non-hydrogen) atoms. The second kappa shape index (κ2) is 15.3. The molecule has 5 rings (SSSR count). The van der Waals surface area contributed by atoms with Crippen LogP contribution < -0.4 is 5.32 Å². The number of anilines is 1. The van der Waals surface area contributed by atoms with Gasteiger partial charge in [-0.15, -0.1) is 0 Å². The van der Waals surface area contributed by atoms with Crippen LogP contribution in [0.15, 0.2) is 84.9 Å². The fraction of sp³-hybridized carbons (Fsp3) is 0.400. The van der Waals surface area contributed by atoms with Crippen LogP contribution in [0.25, 0.3) is 22.4 Å². The number of esters is 1. The third-order valence-electron chi connectivity index (χ3n) is 8.69. The Morgan fingerprint density at radius 2 is 1.54 bits per heavy atom. The zero-order chi connectivity index (χ0) is 34.4. The van der Waals surface area contributed by atoms with E-state index >= 15 is 0 Å². The molecule has 1 N–H and O–H groups in total. The first-order valence-corrected chi connectivity index (χ1v) is 16.9. The second-order valence-electron chi connectivity index (χ2n) is 13.3. The number of ether oxygens (including phenoxy) is 3. The van der Waals surface area contributed by atoms with E-state index < -0.39 is 5.79 Å². The number of nitrogens with zero attached hydrogens (tertiary/aromatic N) is 1. The van der Waals surface area contributed by atoms with Gasteiger partial charge in [0.2, 0.25) is 0 Å². The number of para-hydroxylation sites is 1. The van der Waals surface area contributed by atoms with Crippen LogP contribution in [-0.2, 0) is 25.5 Å². The number of hydrogen-bond donors (Lipinski definition) is 1. The van der Waals surface area contributed by atoms with Gasteiger partial charge in [0.1, 0.15) is 5.82 Å². The molecule has 2 heterocycles. The summed E-state index contributed by atoms with van der Waals surface area (Å²) >= 11 is 0. The molecular formula is C40H47FN2O5. The van der Waals surface area contributed by atoms with Gasteiger partial charge in [-0.25, -0.2) is 4.39 Å². The number of benzene rings is 3. The minimum absolute atomic E-state index is 0.0340. The van der Waals surface area contributed by atoms with Crippen molar-refractivity contribution in [2.45, 2.75) is 104 Å². The monoisotopic (exact) mass is 654 g/mol. The first-order chi connectivity index (χ1) is 23.0. The summed E-state index contributed by atoms with van der Waals surface area (Å²) in [6.07, 6.45) is 1.29. The summed E-state index contributed by atoms with van der Waals surface area (Å²) in [7, 11) is 0. The molecule has 1 fully saturated rings. The summed E-state index contributed by atoms with van der Waals surface area (Å²) in [5.41, 5.74) is 5.47. The molecule has 0 aliphatic carbocycles. The van der Waals surface area contributed by atoms with Crippen LogP contribution in [0.1, 0.15) is 89.2 Å². The maximum Gasteiger partial charge on any atom is 0.308 e. The van der Waals surface area contributed by atoms with Crippen molar-refractivity contribution in [2.75, 3.05) is 5.32 Å². The molecule has 1 aliphatic rings. The molecule has 254 valence electrons. The molecule has 1 saturated heterocycles. The molecular weight excluding hydrogens is 607 g/mol. The molecule has 8 heteroatoms. The van der Waals surface area contributed by atoms with Crippen LogP contribution in [0.4, 0.5) is 10.1 Å². The van der Waals surface area contributed by atoms with Gasteiger partial charge in [0.15, 0.2) is 5.79 Å². The summed E-state index contributed by atoms with van der Waals surface area (Å²) in [5.74, 6) is -1.75. The maximum absolute atomic E-state index is 14.3. The average molecular weight is 655 g/mol. The number of nitrogens with one attached hydrogen (secondary N) is 1. The molecule has 3 aromatic carbocycles. The van der Waals surface area contributed by atoms with Gasteiger partial charge < -0.3 is 24.1 Å². The number of carbonyl (C=O) groups excluding carboxylic acids is 2. The van der Waals surface area contributed by atoms with Crippen molar-refractivity contribution in [2.24, 2.45) is 0 Å². The van der Waals surface area contributed by atoms with Crippen molar-refractivity contribution in [3.05, 3.63) is 102 Å². The highest BCUT2D eigenvalue weighted by Gasteiger charge is 2.37. The number of aromatic nitrogens is 1. The molecule has 3 atom stereocenters. The summed E-state index contributed by atoms with van der Waals surface area (Å²) in [6, 6.07) is 25.7. The maximum atomic E-state index is 14.3. The molecule has 0 bridgehead atoms. The van der Waals surface area contributed by atoms with E-state index in [1.54, 1.807) is 12.1 Å².